The summed E-state index contributed by atoms with van der Waals surface area (Å²) in [4.78, 5) is 54.4. The van der Waals surface area contributed by atoms with E-state index in [2.05, 4.69) is 5.32 Å². The number of aromatic hydroxyl groups is 1. The maximum Gasteiger partial charge on any atom is 0.416 e. The van der Waals surface area contributed by atoms with Crippen LogP contribution in [0.15, 0.2) is 88.7 Å². The van der Waals surface area contributed by atoms with Gasteiger partial charge in [0.2, 0.25) is 17.7 Å². The van der Waals surface area contributed by atoms with Gasteiger partial charge in [0.1, 0.15) is 17.5 Å². The number of benzene rings is 3. The molecule has 6 rings (SSSR count). The Bertz CT molecular complexity index is 1770. The summed E-state index contributed by atoms with van der Waals surface area (Å²) in [6.07, 6.45) is -4.68. The van der Waals surface area contributed by atoms with Crippen molar-refractivity contribution in [3.63, 3.8) is 0 Å². The van der Waals surface area contributed by atoms with E-state index in [0.717, 1.165) is 46.2 Å². The van der Waals surface area contributed by atoms with Crippen molar-refractivity contribution in [3.8, 4) is 5.75 Å². The summed E-state index contributed by atoms with van der Waals surface area (Å²) in [6, 6.07) is 18.6. The van der Waals surface area contributed by atoms with Crippen LogP contribution in [0, 0.1) is 5.92 Å². The van der Waals surface area contributed by atoms with Crippen LogP contribution in [-0.2, 0) is 27.1 Å². The highest BCUT2D eigenvalue weighted by Gasteiger charge is 2.57. The van der Waals surface area contributed by atoms with Crippen molar-refractivity contribution < 1.29 is 32.7 Å². The van der Waals surface area contributed by atoms with Gasteiger partial charge in [-0.2, -0.15) is 13.2 Å². The van der Waals surface area contributed by atoms with Crippen molar-refractivity contribution >= 4 is 52.2 Å². The van der Waals surface area contributed by atoms with E-state index in [-0.39, 0.29) is 18.0 Å². The number of fused-ring (bicyclic) bond motifs is 2. The van der Waals surface area contributed by atoms with Crippen LogP contribution >= 0.6 is 23.1 Å². The van der Waals surface area contributed by atoms with E-state index in [1.807, 2.05) is 0 Å². The van der Waals surface area contributed by atoms with Gasteiger partial charge < -0.3 is 10.4 Å². The molecular weight excluding hydrogens is 591 g/mol. The quantitative estimate of drug-likeness (QED) is 0.305. The average molecular weight is 612 g/mol. The summed E-state index contributed by atoms with van der Waals surface area (Å²) in [5.41, 5.74) is -0.154. The molecule has 3 atom stereocenters. The van der Waals surface area contributed by atoms with Gasteiger partial charge in [-0.15, -0.1) is 0 Å². The van der Waals surface area contributed by atoms with E-state index in [4.69, 9.17) is 0 Å². The first-order valence-corrected chi connectivity index (χ1v) is 14.3. The molecule has 13 heteroatoms. The topological polar surface area (TPSA) is 109 Å². The van der Waals surface area contributed by atoms with Gasteiger partial charge in [0, 0.05) is 16.5 Å². The average Bonchev–Trinajstić information content (AvgIpc) is 3.40. The lowest BCUT2D eigenvalue weighted by Gasteiger charge is -2.30. The molecule has 1 saturated heterocycles. The Morgan fingerprint density at radius 1 is 0.929 bits per heavy atom. The Hall–Kier alpha value is -4.36. The molecule has 214 valence electrons. The van der Waals surface area contributed by atoms with Crippen molar-refractivity contribution in [2.24, 2.45) is 5.92 Å². The molecule has 0 radical (unpaired) electrons. The largest absolute Gasteiger partial charge is 0.508 e. The lowest BCUT2D eigenvalue weighted by molar-refractivity contribution is -0.137. The predicted octanol–water partition coefficient (Wildman–Crippen LogP) is 5.07. The molecule has 3 amide bonds. The summed E-state index contributed by atoms with van der Waals surface area (Å²) >= 11 is 1.80. The molecule has 0 aliphatic carbocycles. The van der Waals surface area contributed by atoms with Crippen LogP contribution in [0.25, 0.3) is 0 Å². The Labute approximate surface area is 244 Å². The standard InChI is InChI=1S/C29H20F3N3O5S2/c30-29(31,32)16-5-4-8-18(13-16)35-25(38)22-21(15-9-11-19(36)12-10-15)24-27(41-23(22)26(35)39)34(28(40)42-24)14-20(37)33-17-6-2-1-3-7-17/h1-13,21-23,36H,14H2,(H,33,37). The number of thioether (sulfide) groups is 1. The molecule has 1 fully saturated rings. The summed E-state index contributed by atoms with van der Waals surface area (Å²) in [5.74, 6) is -3.80. The minimum absolute atomic E-state index is 0.0385. The molecule has 3 heterocycles. The number of carbonyl (C=O) groups is 3. The summed E-state index contributed by atoms with van der Waals surface area (Å²) in [7, 11) is 0. The number of para-hydroxylation sites is 1. The first kappa shape index (κ1) is 27.8. The van der Waals surface area contributed by atoms with Crippen LogP contribution in [0.4, 0.5) is 24.5 Å². The summed E-state index contributed by atoms with van der Waals surface area (Å²) in [6.45, 7) is -0.355. The van der Waals surface area contributed by atoms with E-state index in [9.17, 15) is 37.5 Å². The number of thiazole rings is 1. The van der Waals surface area contributed by atoms with Crippen molar-refractivity contribution in [3.05, 3.63) is 105 Å². The van der Waals surface area contributed by atoms with Crippen molar-refractivity contribution in [1.82, 2.24) is 4.57 Å². The number of hydrogen-bond donors (Lipinski definition) is 2. The Balaban J connectivity index is 1.42. The molecule has 0 saturated carbocycles. The molecule has 2 aliphatic rings. The van der Waals surface area contributed by atoms with E-state index in [1.54, 1.807) is 42.5 Å². The number of aromatic nitrogens is 1. The van der Waals surface area contributed by atoms with Crippen molar-refractivity contribution in [1.29, 1.82) is 0 Å². The smallest absolute Gasteiger partial charge is 0.416 e. The monoisotopic (exact) mass is 611 g/mol. The number of rotatable bonds is 5. The fourth-order valence-corrected chi connectivity index (χ4v) is 8.01. The third-order valence-electron chi connectivity index (χ3n) is 7.09. The van der Waals surface area contributed by atoms with Gasteiger partial charge in [-0.25, -0.2) is 4.90 Å². The van der Waals surface area contributed by atoms with E-state index >= 15 is 0 Å². The molecule has 3 unspecified atom stereocenters. The number of nitrogens with zero attached hydrogens (tertiary/aromatic N) is 2. The van der Waals surface area contributed by atoms with Crippen molar-refractivity contribution in [2.45, 2.75) is 28.9 Å². The summed E-state index contributed by atoms with van der Waals surface area (Å²) in [5, 5.41) is 11.8. The van der Waals surface area contributed by atoms with E-state index < -0.39 is 51.4 Å². The molecule has 8 nitrogen and oxygen atoms in total. The number of carbonyl (C=O) groups excluding carboxylic acids is 3. The van der Waals surface area contributed by atoms with Crippen LogP contribution in [-0.4, -0.2) is 32.6 Å². The lowest BCUT2D eigenvalue weighted by Crippen LogP contribution is -2.33. The maximum atomic E-state index is 13.9. The lowest BCUT2D eigenvalue weighted by atomic mass is 9.83. The molecule has 0 bridgehead atoms. The van der Waals surface area contributed by atoms with Crippen LogP contribution in [0.5, 0.6) is 5.75 Å². The number of imide groups is 1. The molecule has 0 spiro atoms. The molecule has 2 N–H and O–H groups in total. The number of phenols is 1. The molecule has 2 aliphatic heterocycles. The predicted molar refractivity (Wildman–Crippen MR) is 151 cm³/mol. The molecule has 42 heavy (non-hydrogen) atoms. The van der Waals surface area contributed by atoms with Gasteiger partial charge in [0.15, 0.2) is 0 Å². The zero-order chi connectivity index (χ0) is 29.8. The van der Waals surface area contributed by atoms with Crippen LogP contribution in [0.3, 0.4) is 0 Å². The summed E-state index contributed by atoms with van der Waals surface area (Å²) < 4.78 is 41.6. The number of hydrogen-bond acceptors (Lipinski definition) is 7. The minimum atomic E-state index is -4.68. The maximum absolute atomic E-state index is 13.9. The Morgan fingerprint density at radius 2 is 1.64 bits per heavy atom. The first-order chi connectivity index (χ1) is 20.0. The first-order valence-electron chi connectivity index (χ1n) is 12.6. The highest BCUT2D eigenvalue weighted by molar-refractivity contribution is 8.00. The van der Waals surface area contributed by atoms with Gasteiger partial charge in [-0.05, 0) is 48.0 Å². The Morgan fingerprint density at radius 3 is 2.33 bits per heavy atom. The van der Waals surface area contributed by atoms with Gasteiger partial charge in [-0.1, -0.05) is 59.5 Å². The second-order valence-electron chi connectivity index (χ2n) is 9.73. The van der Waals surface area contributed by atoms with Crippen LogP contribution in [0.2, 0.25) is 0 Å². The number of amides is 3. The molecular formula is C29H20F3N3O5S2. The highest BCUT2D eigenvalue weighted by Crippen LogP contribution is 2.54. The third-order valence-corrected chi connectivity index (χ3v) is 9.70. The van der Waals surface area contributed by atoms with Crippen LogP contribution in [0.1, 0.15) is 21.9 Å². The van der Waals surface area contributed by atoms with Gasteiger partial charge in [0.25, 0.3) is 0 Å². The number of phenolic OH excluding ortho intramolecular Hbond substituents is 1. The van der Waals surface area contributed by atoms with Crippen molar-refractivity contribution in [2.75, 3.05) is 10.2 Å². The zero-order valence-corrected chi connectivity index (χ0v) is 23.0. The van der Waals surface area contributed by atoms with Crippen LogP contribution < -0.4 is 15.1 Å². The SMILES string of the molecule is O=C(Cn1c2c(sc1=O)C(c1ccc(O)cc1)C1C(=O)N(c3cccc(C(F)(F)F)c3)C(=O)C1S2)Nc1ccccc1. The molecule has 4 aromatic rings. The Kier molecular flexibility index (Phi) is 6.93. The zero-order valence-electron chi connectivity index (χ0n) is 21.4. The van der Waals surface area contributed by atoms with E-state index in [0.29, 0.717) is 21.2 Å². The normalized spacial score (nSPS) is 19.9. The van der Waals surface area contributed by atoms with Gasteiger partial charge in [-0.3, -0.25) is 23.7 Å². The van der Waals surface area contributed by atoms with Gasteiger partial charge in [0.05, 0.1) is 22.2 Å². The second kappa shape index (κ2) is 10.5. The number of anilines is 2. The second-order valence-corrected chi connectivity index (χ2v) is 11.9. The third kappa shape index (κ3) is 4.88. The fourth-order valence-electron chi connectivity index (χ4n) is 5.24. The molecule has 1 aromatic heterocycles. The number of alkyl halides is 3. The van der Waals surface area contributed by atoms with E-state index in [1.165, 1.54) is 22.8 Å². The number of halogens is 3. The highest BCUT2D eigenvalue weighted by atomic mass is 32.2. The minimum Gasteiger partial charge on any atom is -0.508 e. The number of nitrogens with one attached hydrogen (secondary N) is 1. The van der Waals surface area contributed by atoms with Gasteiger partial charge >= 0.3 is 11.0 Å². The fraction of sp³-hybridized carbons (Fsp3) is 0.172. The molecule has 3 aromatic carbocycles.